The van der Waals surface area contributed by atoms with Crippen molar-refractivity contribution in [2.24, 2.45) is 0 Å². The molecule has 2 aromatic carbocycles. The SMILES string of the molecule is CCOc1cc(C=O)ccc1OC(=O)CCc1ccccc1. The van der Waals surface area contributed by atoms with Gasteiger partial charge in [0.05, 0.1) is 6.61 Å². The maximum Gasteiger partial charge on any atom is 0.311 e. The summed E-state index contributed by atoms with van der Waals surface area (Å²) in [5.74, 6) is 0.411. The molecule has 0 amide bonds. The molecule has 114 valence electrons. The van der Waals surface area contributed by atoms with Crippen LogP contribution in [0.5, 0.6) is 11.5 Å². The minimum absolute atomic E-state index is 0.283. The summed E-state index contributed by atoms with van der Waals surface area (Å²) < 4.78 is 10.7. The Morgan fingerprint density at radius 2 is 1.86 bits per heavy atom. The van der Waals surface area contributed by atoms with Gasteiger partial charge in [-0.25, -0.2) is 0 Å². The molecule has 0 fully saturated rings. The number of carbonyl (C=O) groups excluding carboxylic acids is 2. The number of benzene rings is 2. The van der Waals surface area contributed by atoms with Gasteiger partial charge < -0.3 is 9.47 Å². The zero-order chi connectivity index (χ0) is 15.8. The van der Waals surface area contributed by atoms with E-state index in [1.54, 1.807) is 18.2 Å². The summed E-state index contributed by atoms with van der Waals surface area (Å²) in [5, 5.41) is 0. The van der Waals surface area contributed by atoms with Gasteiger partial charge >= 0.3 is 5.97 Å². The molecule has 0 bridgehead atoms. The molecule has 0 aromatic heterocycles. The van der Waals surface area contributed by atoms with Crippen molar-refractivity contribution in [3.63, 3.8) is 0 Å². The first-order chi connectivity index (χ1) is 10.7. The van der Waals surface area contributed by atoms with Crippen molar-refractivity contribution >= 4 is 12.3 Å². The smallest absolute Gasteiger partial charge is 0.311 e. The van der Waals surface area contributed by atoms with Crippen LogP contribution in [0.1, 0.15) is 29.3 Å². The van der Waals surface area contributed by atoms with Crippen LogP contribution in [0.15, 0.2) is 48.5 Å². The second-order valence-corrected chi connectivity index (χ2v) is 4.72. The highest BCUT2D eigenvalue weighted by molar-refractivity contribution is 5.78. The first-order valence-electron chi connectivity index (χ1n) is 7.19. The van der Waals surface area contributed by atoms with Crippen LogP contribution in [0, 0.1) is 0 Å². The largest absolute Gasteiger partial charge is 0.490 e. The van der Waals surface area contributed by atoms with Crippen LogP contribution >= 0.6 is 0 Å². The second-order valence-electron chi connectivity index (χ2n) is 4.72. The van der Waals surface area contributed by atoms with Crippen LogP contribution in [0.3, 0.4) is 0 Å². The molecule has 0 radical (unpaired) electrons. The summed E-state index contributed by atoms with van der Waals surface area (Å²) in [6.45, 7) is 2.26. The summed E-state index contributed by atoms with van der Waals surface area (Å²) in [4.78, 5) is 22.7. The Morgan fingerprint density at radius 1 is 1.09 bits per heavy atom. The van der Waals surface area contributed by atoms with Gasteiger partial charge in [-0.2, -0.15) is 0 Å². The van der Waals surface area contributed by atoms with Gasteiger partial charge in [-0.1, -0.05) is 30.3 Å². The highest BCUT2D eigenvalue weighted by Crippen LogP contribution is 2.28. The van der Waals surface area contributed by atoms with Crippen LogP contribution in [-0.4, -0.2) is 18.9 Å². The molecule has 0 unspecified atom stereocenters. The van der Waals surface area contributed by atoms with Gasteiger partial charge in [-0.3, -0.25) is 9.59 Å². The molecule has 0 aliphatic heterocycles. The second kappa shape index (κ2) is 7.98. The third-order valence-electron chi connectivity index (χ3n) is 3.09. The molecule has 0 spiro atoms. The highest BCUT2D eigenvalue weighted by atomic mass is 16.6. The first-order valence-corrected chi connectivity index (χ1v) is 7.19. The van der Waals surface area contributed by atoms with E-state index in [-0.39, 0.29) is 12.4 Å². The molecular weight excluding hydrogens is 280 g/mol. The van der Waals surface area contributed by atoms with E-state index in [1.807, 2.05) is 37.3 Å². The van der Waals surface area contributed by atoms with Gasteiger partial charge in [0.25, 0.3) is 0 Å². The van der Waals surface area contributed by atoms with Crippen molar-refractivity contribution < 1.29 is 19.1 Å². The molecule has 2 aromatic rings. The molecule has 0 atom stereocenters. The Hall–Kier alpha value is -2.62. The highest BCUT2D eigenvalue weighted by Gasteiger charge is 2.11. The van der Waals surface area contributed by atoms with E-state index >= 15 is 0 Å². The minimum Gasteiger partial charge on any atom is -0.490 e. The van der Waals surface area contributed by atoms with Crippen LogP contribution in [0.25, 0.3) is 0 Å². The molecule has 0 heterocycles. The molecule has 0 saturated heterocycles. The molecule has 0 aliphatic carbocycles. The summed E-state index contributed by atoms with van der Waals surface area (Å²) >= 11 is 0. The molecule has 0 N–H and O–H groups in total. The maximum absolute atomic E-state index is 11.9. The van der Waals surface area contributed by atoms with Crippen molar-refractivity contribution in [3.05, 3.63) is 59.7 Å². The number of esters is 1. The minimum atomic E-state index is -0.330. The van der Waals surface area contributed by atoms with Crippen molar-refractivity contribution in [1.82, 2.24) is 0 Å². The van der Waals surface area contributed by atoms with E-state index in [1.165, 1.54) is 0 Å². The number of aldehydes is 1. The molecule has 22 heavy (non-hydrogen) atoms. The zero-order valence-electron chi connectivity index (χ0n) is 12.5. The monoisotopic (exact) mass is 298 g/mol. The number of carbonyl (C=O) groups is 2. The van der Waals surface area contributed by atoms with Gasteiger partial charge in [-0.15, -0.1) is 0 Å². The van der Waals surface area contributed by atoms with Crippen molar-refractivity contribution in [1.29, 1.82) is 0 Å². The molecule has 4 nitrogen and oxygen atoms in total. The van der Waals surface area contributed by atoms with E-state index in [2.05, 4.69) is 0 Å². The lowest BCUT2D eigenvalue weighted by Crippen LogP contribution is -2.10. The fourth-order valence-electron chi connectivity index (χ4n) is 2.02. The topological polar surface area (TPSA) is 52.6 Å². The van der Waals surface area contributed by atoms with E-state index < -0.39 is 0 Å². The van der Waals surface area contributed by atoms with Gasteiger partial charge in [-0.05, 0) is 37.1 Å². The predicted octanol–water partition coefficient (Wildman–Crippen LogP) is 3.44. The van der Waals surface area contributed by atoms with Gasteiger partial charge in [0, 0.05) is 12.0 Å². The van der Waals surface area contributed by atoms with Crippen LogP contribution in [0.2, 0.25) is 0 Å². The molecule has 4 heteroatoms. The maximum atomic E-state index is 11.9. The number of hydrogen-bond donors (Lipinski definition) is 0. The molecule has 0 saturated carbocycles. The lowest BCUT2D eigenvalue weighted by atomic mass is 10.1. The van der Waals surface area contributed by atoms with Gasteiger partial charge in [0.2, 0.25) is 0 Å². The van der Waals surface area contributed by atoms with E-state index in [4.69, 9.17) is 9.47 Å². The summed E-state index contributed by atoms with van der Waals surface area (Å²) in [6, 6.07) is 14.5. The normalized spacial score (nSPS) is 10.0. The van der Waals surface area contributed by atoms with Crippen molar-refractivity contribution in [2.75, 3.05) is 6.61 Å². The van der Waals surface area contributed by atoms with Crippen LogP contribution in [0.4, 0.5) is 0 Å². The fourth-order valence-corrected chi connectivity index (χ4v) is 2.02. The summed E-state index contributed by atoms with van der Waals surface area (Å²) in [7, 11) is 0. The standard InChI is InChI=1S/C18H18O4/c1-2-21-17-12-15(13-19)8-10-16(17)22-18(20)11-9-14-6-4-3-5-7-14/h3-8,10,12-13H,2,9,11H2,1H3. The first kappa shape index (κ1) is 15.8. The summed E-state index contributed by atoms with van der Waals surface area (Å²) in [5.41, 5.74) is 1.56. The third kappa shape index (κ3) is 4.45. The zero-order valence-corrected chi connectivity index (χ0v) is 12.5. The molecular formula is C18H18O4. The van der Waals surface area contributed by atoms with Crippen molar-refractivity contribution in [2.45, 2.75) is 19.8 Å². The summed E-state index contributed by atoms with van der Waals surface area (Å²) in [6.07, 6.45) is 1.63. The quantitative estimate of drug-likeness (QED) is 0.446. The van der Waals surface area contributed by atoms with Gasteiger partial charge in [0.1, 0.15) is 6.29 Å². The lowest BCUT2D eigenvalue weighted by molar-refractivity contribution is -0.134. The van der Waals surface area contributed by atoms with E-state index in [0.29, 0.717) is 30.1 Å². The predicted molar refractivity (Wildman–Crippen MR) is 83.4 cm³/mol. The Morgan fingerprint density at radius 3 is 2.55 bits per heavy atom. The third-order valence-corrected chi connectivity index (χ3v) is 3.09. The lowest BCUT2D eigenvalue weighted by Gasteiger charge is -2.11. The van der Waals surface area contributed by atoms with Crippen molar-refractivity contribution in [3.8, 4) is 11.5 Å². The van der Waals surface area contributed by atoms with Gasteiger partial charge in [0.15, 0.2) is 11.5 Å². The molecule has 0 aliphatic rings. The van der Waals surface area contributed by atoms with Crippen LogP contribution < -0.4 is 9.47 Å². The molecule has 2 rings (SSSR count). The Balaban J connectivity index is 2.00. The van der Waals surface area contributed by atoms with Crippen LogP contribution in [-0.2, 0) is 11.2 Å². The Kier molecular flexibility index (Phi) is 5.72. The Labute approximate surface area is 129 Å². The average molecular weight is 298 g/mol. The number of aryl methyl sites for hydroxylation is 1. The number of rotatable bonds is 7. The Bertz CT molecular complexity index is 635. The van der Waals surface area contributed by atoms with E-state index in [9.17, 15) is 9.59 Å². The fraction of sp³-hybridized carbons (Fsp3) is 0.222. The number of hydrogen-bond acceptors (Lipinski definition) is 4. The number of ether oxygens (including phenoxy) is 2. The van der Waals surface area contributed by atoms with E-state index in [0.717, 1.165) is 11.8 Å². The average Bonchev–Trinajstić information content (AvgIpc) is 2.56.